The lowest BCUT2D eigenvalue weighted by Gasteiger charge is -2.15. The van der Waals surface area contributed by atoms with Gasteiger partial charge in [0.15, 0.2) is 9.84 Å². The van der Waals surface area contributed by atoms with Gasteiger partial charge in [0, 0.05) is 35.6 Å². The van der Waals surface area contributed by atoms with Gasteiger partial charge in [-0.2, -0.15) is 0 Å². The van der Waals surface area contributed by atoms with Gasteiger partial charge in [-0.1, -0.05) is 35.5 Å². The Morgan fingerprint density at radius 2 is 2.07 bits per heavy atom. The fourth-order valence-electron chi connectivity index (χ4n) is 3.38. The van der Waals surface area contributed by atoms with Crippen molar-refractivity contribution >= 4 is 20.7 Å². The predicted octanol–water partition coefficient (Wildman–Crippen LogP) is 4.87. The molecule has 3 aromatic rings. The molecule has 0 radical (unpaired) electrons. The number of hydrogen-bond donors (Lipinski definition) is 0. The Morgan fingerprint density at radius 3 is 2.75 bits per heavy atom. The molecular formula is C20H19FN4O2S. The molecule has 0 amide bonds. The Bertz CT molecular complexity index is 1190. The van der Waals surface area contributed by atoms with E-state index in [1.807, 2.05) is 18.2 Å². The lowest BCUT2D eigenvalue weighted by atomic mass is 10.1. The van der Waals surface area contributed by atoms with Crippen molar-refractivity contribution in [3.05, 3.63) is 88.7 Å². The minimum Gasteiger partial charge on any atom is -0.349 e. The van der Waals surface area contributed by atoms with Crippen LogP contribution >= 0.6 is 0 Å². The number of rotatable bonds is 7. The van der Waals surface area contributed by atoms with Crippen molar-refractivity contribution < 1.29 is 12.8 Å². The largest absolute Gasteiger partial charge is 0.349 e. The van der Waals surface area contributed by atoms with Gasteiger partial charge in [0.2, 0.25) is 0 Å². The van der Waals surface area contributed by atoms with E-state index in [1.165, 1.54) is 24.3 Å². The average molecular weight is 398 g/mol. The maximum atomic E-state index is 13.7. The zero-order valence-electron chi connectivity index (χ0n) is 15.3. The summed E-state index contributed by atoms with van der Waals surface area (Å²) in [6.45, 7) is 3.89. The molecule has 8 heteroatoms. The maximum absolute atomic E-state index is 13.7. The minimum atomic E-state index is -3.89. The maximum Gasteiger partial charge on any atom is 0.191 e. The normalized spacial score (nSPS) is 12.5. The van der Waals surface area contributed by atoms with Crippen LogP contribution in [0.1, 0.15) is 16.4 Å². The number of halogens is 1. The van der Waals surface area contributed by atoms with Crippen LogP contribution in [-0.2, 0) is 23.3 Å². The highest BCUT2D eigenvalue weighted by molar-refractivity contribution is 7.92. The van der Waals surface area contributed by atoms with Crippen molar-refractivity contribution in [3.63, 3.8) is 0 Å². The zero-order chi connectivity index (χ0) is 20.3. The molecular weight excluding hydrogens is 379 g/mol. The second-order valence-electron chi connectivity index (χ2n) is 6.38. The van der Waals surface area contributed by atoms with Crippen molar-refractivity contribution in [2.75, 3.05) is 6.54 Å². The van der Waals surface area contributed by atoms with Gasteiger partial charge in [0.05, 0.1) is 4.90 Å². The zero-order valence-corrected chi connectivity index (χ0v) is 16.1. The second kappa shape index (κ2) is 7.88. The number of nitrogens with zero attached hydrogens (tertiary/aromatic N) is 4. The summed E-state index contributed by atoms with van der Waals surface area (Å²) in [5, 5.41) is 3.05. The van der Waals surface area contributed by atoms with Crippen LogP contribution in [0.2, 0.25) is 0 Å². The van der Waals surface area contributed by atoms with Crippen molar-refractivity contribution in [1.82, 2.24) is 4.57 Å². The molecule has 1 atom stereocenters. The number of sulfone groups is 1. The smallest absolute Gasteiger partial charge is 0.191 e. The van der Waals surface area contributed by atoms with E-state index in [4.69, 9.17) is 5.53 Å². The van der Waals surface area contributed by atoms with E-state index in [2.05, 4.69) is 16.6 Å². The number of azide groups is 1. The molecule has 0 saturated carbocycles. The van der Waals surface area contributed by atoms with Crippen LogP contribution in [0.25, 0.3) is 21.3 Å². The van der Waals surface area contributed by atoms with Crippen molar-refractivity contribution in [2.45, 2.75) is 16.6 Å². The highest BCUT2D eigenvalue weighted by atomic mass is 32.2. The molecule has 0 bridgehead atoms. The SMILES string of the molecule is C=CC(c1cccc(F)c1)S(=O)(=O)c1cn(C)c2cccc(CCN=[N+]=[N-])c12. The topological polar surface area (TPSA) is 87.8 Å². The molecule has 0 fully saturated rings. The first kappa shape index (κ1) is 19.7. The Labute approximate surface area is 162 Å². The summed E-state index contributed by atoms with van der Waals surface area (Å²) in [5.41, 5.74) is 10.4. The third-order valence-corrected chi connectivity index (χ3v) is 6.70. The Balaban J connectivity index is 2.20. The van der Waals surface area contributed by atoms with E-state index in [0.29, 0.717) is 17.4 Å². The molecule has 0 aliphatic carbocycles. The van der Waals surface area contributed by atoms with Crippen LogP contribution in [0.3, 0.4) is 0 Å². The summed E-state index contributed by atoms with van der Waals surface area (Å²) in [6.07, 6.45) is 3.28. The van der Waals surface area contributed by atoms with Gasteiger partial charge in [-0.05, 0) is 41.3 Å². The van der Waals surface area contributed by atoms with Crippen molar-refractivity contribution in [2.24, 2.45) is 12.2 Å². The molecule has 0 saturated heterocycles. The molecule has 3 rings (SSSR count). The van der Waals surface area contributed by atoms with Crippen LogP contribution in [0, 0.1) is 5.82 Å². The number of hydrogen-bond acceptors (Lipinski definition) is 3. The van der Waals surface area contributed by atoms with E-state index >= 15 is 0 Å². The van der Waals surface area contributed by atoms with Crippen LogP contribution in [0.4, 0.5) is 4.39 Å². The molecule has 1 unspecified atom stereocenters. The molecule has 28 heavy (non-hydrogen) atoms. The third-order valence-electron chi connectivity index (χ3n) is 4.64. The first-order valence-corrected chi connectivity index (χ1v) is 10.1. The highest BCUT2D eigenvalue weighted by Gasteiger charge is 2.30. The lowest BCUT2D eigenvalue weighted by Crippen LogP contribution is -2.12. The third kappa shape index (κ3) is 3.52. The summed E-state index contributed by atoms with van der Waals surface area (Å²) >= 11 is 0. The quantitative estimate of drug-likeness (QED) is 0.246. The number of fused-ring (bicyclic) bond motifs is 1. The van der Waals surface area contributed by atoms with Gasteiger partial charge in [-0.25, -0.2) is 12.8 Å². The second-order valence-corrected chi connectivity index (χ2v) is 8.41. The standard InChI is InChI=1S/C20H19FN4O2S/c1-3-18(15-7-4-8-16(21)12-15)28(26,27)19-13-25(2)17-9-5-6-14(20(17)19)10-11-23-24-22/h3-9,12-13,18H,1,10-11H2,2H3. The van der Waals surface area contributed by atoms with E-state index < -0.39 is 20.9 Å². The number of aromatic nitrogens is 1. The van der Waals surface area contributed by atoms with Gasteiger partial charge in [0.25, 0.3) is 0 Å². The molecule has 0 N–H and O–H groups in total. The fourth-order valence-corrected chi connectivity index (χ4v) is 5.23. The summed E-state index contributed by atoms with van der Waals surface area (Å²) in [4.78, 5) is 2.90. The Morgan fingerprint density at radius 1 is 1.32 bits per heavy atom. The monoisotopic (exact) mass is 398 g/mol. The van der Waals surface area contributed by atoms with E-state index in [1.54, 1.807) is 23.9 Å². The van der Waals surface area contributed by atoms with Crippen molar-refractivity contribution in [1.29, 1.82) is 0 Å². The predicted molar refractivity (Wildman–Crippen MR) is 107 cm³/mol. The van der Waals surface area contributed by atoms with E-state index in [9.17, 15) is 12.8 Å². The summed E-state index contributed by atoms with van der Waals surface area (Å²) in [7, 11) is -2.12. The summed E-state index contributed by atoms with van der Waals surface area (Å²) in [5.74, 6) is -0.507. The Kier molecular flexibility index (Phi) is 5.53. The molecule has 1 aromatic heterocycles. The molecule has 2 aromatic carbocycles. The van der Waals surface area contributed by atoms with Crippen LogP contribution < -0.4 is 0 Å². The molecule has 0 aliphatic rings. The summed E-state index contributed by atoms with van der Waals surface area (Å²) < 4.78 is 42.4. The van der Waals surface area contributed by atoms with Crippen LogP contribution in [0.5, 0.6) is 0 Å². The molecule has 0 aliphatic heterocycles. The van der Waals surface area contributed by atoms with Gasteiger partial charge in [0.1, 0.15) is 11.1 Å². The number of benzene rings is 2. The molecule has 6 nitrogen and oxygen atoms in total. The first-order chi connectivity index (χ1) is 13.4. The van der Waals surface area contributed by atoms with Gasteiger partial charge in [-0.3, -0.25) is 0 Å². The first-order valence-electron chi connectivity index (χ1n) is 8.60. The van der Waals surface area contributed by atoms with Gasteiger partial charge in [-0.15, -0.1) is 6.58 Å². The van der Waals surface area contributed by atoms with Crippen LogP contribution in [0.15, 0.2) is 71.3 Å². The molecule has 1 heterocycles. The van der Waals surface area contributed by atoms with E-state index in [0.717, 1.165) is 11.1 Å². The average Bonchev–Trinajstić information content (AvgIpc) is 3.01. The minimum absolute atomic E-state index is 0.149. The highest BCUT2D eigenvalue weighted by Crippen LogP contribution is 2.36. The molecule has 144 valence electrons. The van der Waals surface area contributed by atoms with Crippen molar-refractivity contribution in [3.8, 4) is 0 Å². The lowest BCUT2D eigenvalue weighted by molar-refractivity contribution is 0.590. The van der Waals surface area contributed by atoms with Gasteiger partial charge >= 0.3 is 0 Å². The fraction of sp³-hybridized carbons (Fsp3) is 0.200. The van der Waals surface area contributed by atoms with Gasteiger partial charge < -0.3 is 4.57 Å². The van der Waals surface area contributed by atoms with E-state index in [-0.39, 0.29) is 11.4 Å². The number of aryl methyl sites for hydroxylation is 1. The summed E-state index contributed by atoms with van der Waals surface area (Å²) in [6, 6.07) is 11.0. The molecule has 0 spiro atoms. The van der Waals surface area contributed by atoms with Crippen LogP contribution in [-0.4, -0.2) is 19.5 Å². The Hall–Kier alpha value is -3.09.